The van der Waals surface area contributed by atoms with Crippen LogP contribution in [0.25, 0.3) is 0 Å². The zero-order valence-electron chi connectivity index (χ0n) is 6.62. The van der Waals surface area contributed by atoms with E-state index in [-0.39, 0.29) is 0 Å². The Kier molecular flexibility index (Phi) is 2.84. The number of carbonyl (C=O) groups excluding carboxylic acids is 1. The van der Waals surface area contributed by atoms with E-state index >= 15 is 0 Å². The molecule has 3 heteroatoms. The summed E-state index contributed by atoms with van der Waals surface area (Å²) in [5.74, 6) is -0.458. The first kappa shape index (κ1) is 9.23. The van der Waals surface area contributed by atoms with Crippen LogP contribution in [0.3, 0.4) is 0 Å². The lowest BCUT2D eigenvalue weighted by molar-refractivity contribution is 0.0860. The van der Waals surface area contributed by atoms with Gasteiger partial charge in [0.05, 0.1) is 0 Å². The van der Waals surface area contributed by atoms with Gasteiger partial charge in [-0.2, -0.15) is 0 Å². The van der Waals surface area contributed by atoms with Crippen LogP contribution in [-0.4, -0.2) is 16.5 Å². The van der Waals surface area contributed by atoms with Gasteiger partial charge in [0.1, 0.15) is 0 Å². The van der Waals surface area contributed by atoms with Gasteiger partial charge in [0.2, 0.25) is 5.78 Å². The van der Waals surface area contributed by atoms with Crippen molar-refractivity contribution in [2.24, 2.45) is 0 Å². The molecule has 1 atom stereocenters. The van der Waals surface area contributed by atoms with E-state index in [1.807, 2.05) is 13.0 Å². The lowest BCUT2D eigenvalue weighted by atomic mass is 10.1. The number of rotatable bonds is 2. The van der Waals surface area contributed by atoms with E-state index in [1.54, 1.807) is 18.2 Å². The number of carbonyl (C=O) groups is 1. The smallest absolute Gasteiger partial charge is 0.206 e. The minimum absolute atomic E-state index is 0.442. The van der Waals surface area contributed by atoms with Crippen LogP contribution in [0.4, 0.5) is 0 Å². The first-order valence-corrected chi connectivity index (χ1v) is 3.98. The van der Waals surface area contributed by atoms with Crippen molar-refractivity contribution in [3.63, 3.8) is 0 Å². The SMILES string of the molecule is Cc1cccc(C(=O)C(O)Cl)c1. The Hall–Kier alpha value is -0.860. The second-order valence-electron chi connectivity index (χ2n) is 2.57. The number of Topliss-reactive ketones (excluding diaryl/α,β-unsaturated/α-hetero) is 1. The standard InChI is InChI=1S/C9H9ClO2/c1-6-3-2-4-7(5-6)8(11)9(10)12/h2-5,9,12H,1H3. The van der Waals surface area contributed by atoms with Gasteiger partial charge < -0.3 is 5.11 Å². The lowest BCUT2D eigenvalue weighted by Crippen LogP contribution is -2.13. The maximum absolute atomic E-state index is 11.1. The van der Waals surface area contributed by atoms with Crippen LogP contribution in [0.5, 0.6) is 0 Å². The molecule has 0 radical (unpaired) electrons. The minimum Gasteiger partial charge on any atom is -0.371 e. The highest BCUT2D eigenvalue weighted by atomic mass is 35.5. The third-order valence-corrected chi connectivity index (χ3v) is 1.72. The molecule has 2 nitrogen and oxygen atoms in total. The molecule has 0 aliphatic rings. The van der Waals surface area contributed by atoms with Crippen LogP contribution in [0.15, 0.2) is 24.3 Å². The molecule has 0 bridgehead atoms. The fourth-order valence-electron chi connectivity index (χ4n) is 0.936. The average Bonchev–Trinajstić information content (AvgIpc) is 2.03. The molecular weight excluding hydrogens is 176 g/mol. The molecule has 0 aromatic heterocycles. The number of ketones is 1. The molecule has 0 aliphatic carbocycles. The highest BCUT2D eigenvalue weighted by molar-refractivity contribution is 6.32. The van der Waals surface area contributed by atoms with Crippen molar-refractivity contribution in [1.29, 1.82) is 0 Å². The van der Waals surface area contributed by atoms with Gasteiger partial charge >= 0.3 is 0 Å². The van der Waals surface area contributed by atoms with E-state index in [0.717, 1.165) is 5.56 Å². The quantitative estimate of drug-likeness (QED) is 0.562. The molecule has 1 aromatic rings. The molecule has 1 N–H and O–H groups in total. The Morgan fingerprint density at radius 3 is 2.75 bits per heavy atom. The molecule has 0 amide bonds. The number of aliphatic hydroxyl groups is 1. The number of aryl methyl sites for hydroxylation is 1. The fourth-order valence-corrected chi connectivity index (χ4v) is 1.06. The van der Waals surface area contributed by atoms with Crippen LogP contribution < -0.4 is 0 Å². The number of alkyl halides is 1. The van der Waals surface area contributed by atoms with E-state index < -0.39 is 11.3 Å². The van der Waals surface area contributed by atoms with Crippen LogP contribution in [0.2, 0.25) is 0 Å². The number of benzene rings is 1. The minimum atomic E-state index is -1.44. The molecule has 64 valence electrons. The molecule has 0 aliphatic heterocycles. The molecule has 0 saturated heterocycles. The van der Waals surface area contributed by atoms with Crippen molar-refractivity contribution in [3.05, 3.63) is 35.4 Å². The third-order valence-electron chi connectivity index (χ3n) is 1.52. The third kappa shape index (κ3) is 2.06. The predicted molar refractivity (Wildman–Crippen MR) is 47.4 cm³/mol. The zero-order chi connectivity index (χ0) is 9.14. The average molecular weight is 185 g/mol. The first-order chi connectivity index (χ1) is 5.61. The van der Waals surface area contributed by atoms with E-state index in [2.05, 4.69) is 0 Å². The maximum atomic E-state index is 11.1. The van der Waals surface area contributed by atoms with E-state index in [4.69, 9.17) is 16.7 Å². The lowest BCUT2D eigenvalue weighted by Gasteiger charge is -2.01. The van der Waals surface area contributed by atoms with Gasteiger partial charge in [-0.15, -0.1) is 0 Å². The molecule has 1 rings (SSSR count). The predicted octanol–water partition coefficient (Wildman–Crippen LogP) is 1.73. The summed E-state index contributed by atoms with van der Waals surface area (Å²) in [6, 6.07) is 6.94. The number of hydrogen-bond acceptors (Lipinski definition) is 2. The molecular formula is C9H9ClO2. The van der Waals surface area contributed by atoms with Gasteiger partial charge in [-0.3, -0.25) is 4.79 Å². The molecule has 12 heavy (non-hydrogen) atoms. The van der Waals surface area contributed by atoms with Gasteiger partial charge in [0.15, 0.2) is 5.56 Å². The Morgan fingerprint density at radius 1 is 1.58 bits per heavy atom. The largest absolute Gasteiger partial charge is 0.371 e. The summed E-state index contributed by atoms with van der Waals surface area (Å²) in [5, 5.41) is 8.78. The van der Waals surface area contributed by atoms with Crippen molar-refractivity contribution in [2.45, 2.75) is 12.5 Å². The van der Waals surface area contributed by atoms with E-state index in [1.165, 1.54) is 0 Å². The molecule has 0 heterocycles. The Labute approximate surface area is 75.8 Å². The van der Waals surface area contributed by atoms with E-state index in [0.29, 0.717) is 5.56 Å². The van der Waals surface area contributed by atoms with Crippen molar-refractivity contribution in [2.75, 3.05) is 0 Å². The van der Waals surface area contributed by atoms with Crippen molar-refractivity contribution >= 4 is 17.4 Å². The second kappa shape index (κ2) is 3.70. The molecule has 1 unspecified atom stereocenters. The Morgan fingerprint density at radius 2 is 2.25 bits per heavy atom. The van der Waals surface area contributed by atoms with Gasteiger partial charge in [-0.05, 0) is 13.0 Å². The summed E-state index contributed by atoms with van der Waals surface area (Å²) in [7, 11) is 0. The van der Waals surface area contributed by atoms with Crippen LogP contribution in [-0.2, 0) is 0 Å². The zero-order valence-corrected chi connectivity index (χ0v) is 7.38. The van der Waals surface area contributed by atoms with Crippen molar-refractivity contribution in [3.8, 4) is 0 Å². The number of aliphatic hydroxyl groups excluding tert-OH is 1. The highest BCUT2D eigenvalue weighted by Gasteiger charge is 2.13. The fraction of sp³-hybridized carbons (Fsp3) is 0.222. The number of halogens is 1. The Balaban J connectivity index is 2.96. The summed E-state index contributed by atoms with van der Waals surface area (Å²) in [4.78, 5) is 11.1. The Bertz CT molecular complexity index is 294. The summed E-state index contributed by atoms with van der Waals surface area (Å²) in [5.41, 5.74) is -0.0255. The van der Waals surface area contributed by atoms with Gasteiger partial charge in [0.25, 0.3) is 0 Å². The number of hydrogen-bond donors (Lipinski definition) is 1. The summed E-state index contributed by atoms with van der Waals surface area (Å²) >= 11 is 5.22. The van der Waals surface area contributed by atoms with Crippen molar-refractivity contribution < 1.29 is 9.90 Å². The summed E-state index contributed by atoms with van der Waals surface area (Å²) < 4.78 is 0. The molecule has 0 saturated carbocycles. The molecule has 0 spiro atoms. The highest BCUT2D eigenvalue weighted by Crippen LogP contribution is 2.08. The van der Waals surface area contributed by atoms with Crippen LogP contribution >= 0.6 is 11.6 Å². The normalized spacial score (nSPS) is 12.6. The van der Waals surface area contributed by atoms with E-state index in [9.17, 15) is 4.79 Å². The monoisotopic (exact) mass is 184 g/mol. The second-order valence-corrected chi connectivity index (χ2v) is 2.98. The van der Waals surface area contributed by atoms with Gasteiger partial charge in [-0.1, -0.05) is 35.4 Å². The van der Waals surface area contributed by atoms with Crippen LogP contribution in [0.1, 0.15) is 15.9 Å². The maximum Gasteiger partial charge on any atom is 0.206 e. The van der Waals surface area contributed by atoms with Crippen molar-refractivity contribution in [1.82, 2.24) is 0 Å². The molecule has 1 aromatic carbocycles. The first-order valence-electron chi connectivity index (χ1n) is 3.54. The van der Waals surface area contributed by atoms with Gasteiger partial charge in [0, 0.05) is 5.56 Å². The topological polar surface area (TPSA) is 37.3 Å². The molecule has 0 fully saturated rings. The summed E-state index contributed by atoms with van der Waals surface area (Å²) in [6.45, 7) is 1.87. The van der Waals surface area contributed by atoms with Gasteiger partial charge in [-0.25, -0.2) is 0 Å². The summed E-state index contributed by atoms with van der Waals surface area (Å²) in [6.07, 6.45) is 0. The van der Waals surface area contributed by atoms with Crippen LogP contribution in [0, 0.1) is 6.92 Å².